The van der Waals surface area contributed by atoms with E-state index in [1.165, 1.54) is 27.4 Å². The van der Waals surface area contributed by atoms with Gasteiger partial charge in [0.15, 0.2) is 0 Å². The van der Waals surface area contributed by atoms with Crippen molar-refractivity contribution in [2.24, 2.45) is 5.92 Å². The van der Waals surface area contributed by atoms with Crippen LogP contribution in [0.1, 0.15) is 52.9 Å². The molecule has 0 aliphatic rings. The highest BCUT2D eigenvalue weighted by Crippen LogP contribution is 2.13. The van der Waals surface area contributed by atoms with Crippen molar-refractivity contribution in [3.63, 3.8) is 0 Å². The number of hydrogen-bond donors (Lipinski definition) is 0. The van der Waals surface area contributed by atoms with Crippen LogP contribution in [0, 0.1) is 5.92 Å². The van der Waals surface area contributed by atoms with Gasteiger partial charge < -0.3 is 18.9 Å². The zero-order valence-electron chi connectivity index (χ0n) is 23.9. The summed E-state index contributed by atoms with van der Waals surface area (Å²) >= 11 is 0. The van der Waals surface area contributed by atoms with Crippen LogP contribution in [0.3, 0.4) is 0 Å². The molecule has 210 valence electrons. The predicted molar refractivity (Wildman–Crippen MR) is 151 cm³/mol. The summed E-state index contributed by atoms with van der Waals surface area (Å²) in [4.78, 5) is 34.5. The molecule has 2 atom stereocenters. The lowest BCUT2D eigenvalue weighted by Crippen LogP contribution is -2.10. The number of ether oxygens (including phenoxy) is 4. The average Bonchev–Trinajstić information content (AvgIpc) is 2.92. The molecule has 7 heteroatoms. The molecule has 0 rings (SSSR count). The number of unbranched alkanes of at least 4 members (excludes halogenated alkanes) is 1. The minimum atomic E-state index is -0.505. The van der Waals surface area contributed by atoms with E-state index in [1.807, 2.05) is 31.2 Å². The standard InChI is InChI=1S/C31H44O7/c1-24(18-21-27(22-29(32)36-5)23-30(33)37-6)16-14-12-10-8-9-11-13-15-17-28(35-4)25(2)19-20-26(3)31(34)38-7/h9,11-15,18-22,24,28H,8,10,16-17,23H2,1-7H3/b11-9+,14-12+,15-13+,21-18+,25-19+,26-20+,27-22-/t24-,28+/m0/s1. The maximum atomic E-state index is 11.5. The van der Waals surface area contributed by atoms with E-state index in [4.69, 9.17) is 9.47 Å². The first-order valence-corrected chi connectivity index (χ1v) is 12.6. The highest BCUT2D eigenvalue weighted by atomic mass is 16.5. The lowest BCUT2D eigenvalue weighted by Gasteiger charge is -2.13. The van der Waals surface area contributed by atoms with Crippen molar-refractivity contribution in [2.45, 2.75) is 59.0 Å². The molecule has 0 heterocycles. The highest BCUT2D eigenvalue weighted by molar-refractivity contribution is 5.88. The lowest BCUT2D eigenvalue weighted by molar-refractivity contribution is -0.139. The second-order valence-corrected chi connectivity index (χ2v) is 8.68. The summed E-state index contributed by atoms with van der Waals surface area (Å²) in [5.74, 6) is -1.01. The Balaban J connectivity index is 4.52. The Morgan fingerprint density at radius 3 is 2.11 bits per heavy atom. The van der Waals surface area contributed by atoms with Gasteiger partial charge in [-0.05, 0) is 56.6 Å². The fourth-order valence-electron chi connectivity index (χ4n) is 3.11. The number of methoxy groups -OCH3 is 4. The number of esters is 3. The van der Waals surface area contributed by atoms with Crippen LogP contribution in [0.25, 0.3) is 0 Å². The first-order chi connectivity index (χ1) is 18.2. The van der Waals surface area contributed by atoms with E-state index >= 15 is 0 Å². The third-order valence-electron chi connectivity index (χ3n) is 5.52. The fourth-order valence-corrected chi connectivity index (χ4v) is 3.11. The molecule has 0 fully saturated rings. The molecule has 0 N–H and O–H groups in total. The van der Waals surface area contributed by atoms with Crippen molar-refractivity contribution in [3.8, 4) is 0 Å². The average molecular weight is 529 g/mol. The Labute approximate surface area is 228 Å². The van der Waals surface area contributed by atoms with E-state index < -0.39 is 11.9 Å². The van der Waals surface area contributed by atoms with Crippen LogP contribution < -0.4 is 0 Å². The van der Waals surface area contributed by atoms with Crippen LogP contribution >= 0.6 is 0 Å². The molecule has 0 aromatic heterocycles. The van der Waals surface area contributed by atoms with E-state index in [1.54, 1.807) is 26.2 Å². The molecule has 7 nitrogen and oxygen atoms in total. The van der Waals surface area contributed by atoms with Crippen LogP contribution in [0.4, 0.5) is 0 Å². The SMILES string of the molecule is COC(=O)/C=C(/C=C/[C@@H](C)C/C=C/CC/C=C/C=C/C[C@@H](OC)/C(C)=C/C=C(\C)C(=O)OC)CC(=O)OC. The van der Waals surface area contributed by atoms with Gasteiger partial charge in [0.1, 0.15) is 0 Å². The van der Waals surface area contributed by atoms with Gasteiger partial charge in [-0.2, -0.15) is 0 Å². The molecule has 0 aliphatic carbocycles. The van der Waals surface area contributed by atoms with Gasteiger partial charge in [-0.25, -0.2) is 9.59 Å². The van der Waals surface area contributed by atoms with Crippen LogP contribution in [0.5, 0.6) is 0 Å². The van der Waals surface area contributed by atoms with Crippen LogP contribution in [0.15, 0.2) is 83.6 Å². The van der Waals surface area contributed by atoms with Crippen molar-refractivity contribution in [1.82, 2.24) is 0 Å². The van der Waals surface area contributed by atoms with E-state index in [0.29, 0.717) is 11.1 Å². The normalized spacial score (nSPS) is 15.0. The van der Waals surface area contributed by atoms with Gasteiger partial charge in [0, 0.05) is 18.8 Å². The number of hydrogen-bond acceptors (Lipinski definition) is 7. The molecule has 38 heavy (non-hydrogen) atoms. The molecule has 0 aromatic carbocycles. The molecule has 0 saturated heterocycles. The number of allylic oxidation sites excluding steroid dienone is 9. The van der Waals surface area contributed by atoms with Crippen LogP contribution in [0.2, 0.25) is 0 Å². The summed E-state index contributed by atoms with van der Waals surface area (Å²) < 4.78 is 19.6. The topological polar surface area (TPSA) is 88.1 Å². The molecule has 0 aromatic rings. The quantitative estimate of drug-likeness (QED) is 0.0559. The second kappa shape index (κ2) is 21.6. The molecule has 0 radical (unpaired) electrons. The minimum absolute atomic E-state index is 0.0158. The molecular weight excluding hydrogens is 484 g/mol. The van der Waals surface area contributed by atoms with Gasteiger partial charge in [0.25, 0.3) is 0 Å². The van der Waals surface area contributed by atoms with Crippen molar-refractivity contribution < 1.29 is 33.3 Å². The van der Waals surface area contributed by atoms with Gasteiger partial charge in [0.05, 0.1) is 33.9 Å². The predicted octanol–water partition coefficient (Wildman–Crippen LogP) is 6.15. The largest absolute Gasteiger partial charge is 0.469 e. The zero-order valence-corrected chi connectivity index (χ0v) is 23.9. The molecule has 0 bridgehead atoms. The molecule has 0 saturated carbocycles. The summed E-state index contributed by atoms with van der Waals surface area (Å²) in [6.07, 6.45) is 24.6. The number of rotatable bonds is 17. The van der Waals surface area contributed by atoms with E-state index in [9.17, 15) is 14.4 Å². The van der Waals surface area contributed by atoms with E-state index in [-0.39, 0.29) is 24.4 Å². The van der Waals surface area contributed by atoms with Crippen molar-refractivity contribution >= 4 is 17.9 Å². The fraction of sp³-hybridized carbons (Fsp3) is 0.452. The minimum Gasteiger partial charge on any atom is -0.469 e. The number of carbonyl (C=O) groups is 3. The summed E-state index contributed by atoms with van der Waals surface area (Å²) in [5, 5.41) is 0. The van der Waals surface area contributed by atoms with Crippen molar-refractivity contribution in [1.29, 1.82) is 0 Å². The highest BCUT2D eigenvalue weighted by Gasteiger charge is 2.08. The molecule has 0 unspecified atom stereocenters. The van der Waals surface area contributed by atoms with Gasteiger partial charge in [-0.15, -0.1) is 0 Å². The molecule has 0 amide bonds. The van der Waals surface area contributed by atoms with Gasteiger partial charge >= 0.3 is 17.9 Å². The van der Waals surface area contributed by atoms with Crippen LogP contribution in [-0.4, -0.2) is 52.5 Å². The van der Waals surface area contributed by atoms with Crippen molar-refractivity contribution in [3.05, 3.63) is 83.6 Å². The monoisotopic (exact) mass is 528 g/mol. The van der Waals surface area contributed by atoms with Crippen molar-refractivity contribution in [2.75, 3.05) is 28.4 Å². The molecular formula is C31H44O7. The third kappa shape index (κ3) is 17.1. The second-order valence-electron chi connectivity index (χ2n) is 8.68. The Hall–Kier alpha value is -3.45. The summed E-state index contributed by atoms with van der Waals surface area (Å²) in [6.45, 7) is 5.76. The smallest absolute Gasteiger partial charge is 0.333 e. The van der Waals surface area contributed by atoms with Gasteiger partial charge in [0.2, 0.25) is 0 Å². The first kappa shape index (κ1) is 34.6. The third-order valence-corrected chi connectivity index (χ3v) is 5.52. The Kier molecular flexibility index (Phi) is 19.7. The zero-order chi connectivity index (χ0) is 28.8. The maximum absolute atomic E-state index is 11.5. The Morgan fingerprint density at radius 2 is 1.47 bits per heavy atom. The summed E-state index contributed by atoms with van der Waals surface area (Å²) in [6, 6.07) is 0. The van der Waals surface area contributed by atoms with Gasteiger partial charge in [-0.1, -0.05) is 67.7 Å². The van der Waals surface area contributed by atoms with Gasteiger partial charge in [-0.3, -0.25) is 4.79 Å². The van der Waals surface area contributed by atoms with Crippen LogP contribution in [-0.2, 0) is 33.3 Å². The Bertz CT molecular complexity index is 945. The van der Waals surface area contributed by atoms with E-state index in [0.717, 1.165) is 31.3 Å². The number of carbonyl (C=O) groups excluding carboxylic acids is 3. The lowest BCUT2D eigenvalue weighted by atomic mass is 10.0. The molecule has 0 aliphatic heterocycles. The summed E-state index contributed by atoms with van der Waals surface area (Å²) in [7, 11) is 5.65. The van der Waals surface area contributed by atoms with E-state index in [2.05, 4.69) is 40.7 Å². The maximum Gasteiger partial charge on any atom is 0.333 e. The molecule has 0 spiro atoms. The Morgan fingerprint density at radius 1 is 0.789 bits per heavy atom. The first-order valence-electron chi connectivity index (χ1n) is 12.6. The summed E-state index contributed by atoms with van der Waals surface area (Å²) in [5.41, 5.74) is 2.11.